The lowest BCUT2D eigenvalue weighted by molar-refractivity contribution is 0.108. The SMILES string of the molecule is O=Cc1cc(O)c(C=O)c(C=O)c1O. The van der Waals surface area contributed by atoms with Gasteiger partial charge in [-0.1, -0.05) is 0 Å². The van der Waals surface area contributed by atoms with Crippen LogP contribution in [0.15, 0.2) is 6.07 Å². The Bertz CT molecular complexity index is 408. The van der Waals surface area contributed by atoms with Crippen molar-refractivity contribution in [1.82, 2.24) is 0 Å². The first kappa shape index (κ1) is 9.91. The number of carbonyl (C=O) groups is 3. The highest BCUT2D eigenvalue weighted by Crippen LogP contribution is 2.29. The molecule has 0 saturated heterocycles. The van der Waals surface area contributed by atoms with E-state index in [0.717, 1.165) is 6.07 Å². The first-order chi connectivity index (χ1) is 6.65. The zero-order chi connectivity index (χ0) is 10.7. The topological polar surface area (TPSA) is 91.7 Å². The number of phenolic OH excluding ortho intramolecular Hbond substituents is 2. The lowest BCUT2D eigenvalue weighted by atomic mass is 10.0. The molecule has 0 aliphatic rings. The molecular formula is C9H6O5. The van der Waals surface area contributed by atoms with E-state index in [1.54, 1.807) is 0 Å². The van der Waals surface area contributed by atoms with Crippen LogP contribution >= 0.6 is 0 Å². The van der Waals surface area contributed by atoms with Gasteiger partial charge in [0.05, 0.1) is 16.7 Å². The van der Waals surface area contributed by atoms with Crippen LogP contribution < -0.4 is 0 Å². The van der Waals surface area contributed by atoms with E-state index in [2.05, 4.69) is 0 Å². The van der Waals surface area contributed by atoms with E-state index in [-0.39, 0.29) is 35.5 Å². The average molecular weight is 194 g/mol. The molecule has 0 heterocycles. The smallest absolute Gasteiger partial charge is 0.154 e. The van der Waals surface area contributed by atoms with Gasteiger partial charge in [-0.05, 0) is 6.07 Å². The Labute approximate surface area is 78.6 Å². The molecule has 1 rings (SSSR count). The molecule has 0 radical (unpaired) electrons. The van der Waals surface area contributed by atoms with E-state index in [1.807, 2.05) is 0 Å². The van der Waals surface area contributed by atoms with Gasteiger partial charge in [-0.15, -0.1) is 0 Å². The molecule has 2 N–H and O–H groups in total. The van der Waals surface area contributed by atoms with Crippen LogP contribution in [0.5, 0.6) is 11.5 Å². The first-order valence-electron chi connectivity index (χ1n) is 3.60. The van der Waals surface area contributed by atoms with Crippen molar-refractivity contribution < 1.29 is 24.6 Å². The molecule has 0 aliphatic carbocycles. The number of hydrogen-bond acceptors (Lipinski definition) is 5. The Kier molecular flexibility index (Phi) is 2.62. The molecule has 14 heavy (non-hydrogen) atoms. The molecule has 1 aromatic rings. The van der Waals surface area contributed by atoms with Crippen LogP contribution in [0, 0.1) is 0 Å². The van der Waals surface area contributed by atoms with Crippen molar-refractivity contribution in [2.24, 2.45) is 0 Å². The predicted molar refractivity (Wildman–Crippen MR) is 45.9 cm³/mol. The second kappa shape index (κ2) is 3.69. The number of aldehydes is 3. The minimum atomic E-state index is -0.602. The van der Waals surface area contributed by atoms with Crippen LogP contribution in [0.4, 0.5) is 0 Å². The van der Waals surface area contributed by atoms with Crippen LogP contribution in [0.25, 0.3) is 0 Å². The molecule has 0 amide bonds. The zero-order valence-electron chi connectivity index (χ0n) is 6.93. The van der Waals surface area contributed by atoms with Gasteiger partial charge in [-0.25, -0.2) is 0 Å². The molecule has 72 valence electrons. The van der Waals surface area contributed by atoms with Crippen LogP contribution in [-0.4, -0.2) is 29.1 Å². The summed E-state index contributed by atoms with van der Waals surface area (Å²) >= 11 is 0. The molecule has 0 atom stereocenters. The Balaban J connectivity index is 3.63. The van der Waals surface area contributed by atoms with Crippen molar-refractivity contribution in [2.75, 3.05) is 0 Å². The molecule has 0 fully saturated rings. The Morgan fingerprint density at radius 3 is 1.93 bits per heavy atom. The van der Waals surface area contributed by atoms with Crippen molar-refractivity contribution in [3.63, 3.8) is 0 Å². The largest absolute Gasteiger partial charge is 0.507 e. The Morgan fingerprint density at radius 1 is 0.929 bits per heavy atom. The van der Waals surface area contributed by atoms with E-state index in [4.69, 9.17) is 0 Å². The quantitative estimate of drug-likeness (QED) is 0.541. The van der Waals surface area contributed by atoms with E-state index in [0.29, 0.717) is 0 Å². The van der Waals surface area contributed by atoms with E-state index >= 15 is 0 Å². The minimum absolute atomic E-state index is 0.200. The number of phenols is 2. The molecule has 0 unspecified atom stereocenters. The third kappa shape index (κ3) is 1.35. The predicted octanol–water partition coefficient (Wildman–Crippen LogP) is 0.535. The van der Waals surface area contributed by atoms with Gasteiger partial charge in [-0.3, -0.25) is 14.4 Å². The van der Waals surface area contributed by atoms with Gasteiger partial charge in [0.25, 0.3) is 0 Å². The van der Waals surface area contributed by atoms with Gasteiger partial charge in [-0.2, -0.15) is 0 Å². The molecule has 1 aromatic carbocycles. The van der Waals surface area contributed by atoms with Crippen molar-refractivity contribution in [3.05, 3.63) is 22.8 Å². The van der Waals surface area contributed by atoms with Gasteiger partial charge in [0.15, 0.2) is 18.9 Å². The Hall–Kier alpha value is -2.17. The summed E-state index contributed by atoms with van der Waals surface area (Å²) in [6.45, 7) is 0. The molecule has 0 bridgehead atoms. The second-order valence-corrected chi connectivity index (χ2v) is 2.51. The third-order valence-corrected chi connectivity index (χ3v) is 1.75. The van der Waals surface area contributed by atoms with Crippen LogP contribution in [0.3, 0.4) is 0 Å². The Morgan fingerprint density at radius 2 is 1.50 bits per heavy atom. The van der Waals surface area contributed by atoms with Crippen molar-refractivity contribution in [3.8, 4) is 11.5 Å². The summed E-state index contributed by atoms with van der Waals surface area (Å²) in [4.78, 5) is 31.3. The number of rotatable bonds is 3. The standard InChI is InChI=1S/C9H6O5/c10-2-5-1-8(13)6(3-11)7(4-12)9(5)14/h1-4,13-14H. The zero-order valence-corrected chi connectivity index (χ0v) is 6.93. The van der Waals surface area contributed by atoms with Crippen molar-refractivity contribution in [2.45, 2.75) is 0 Å². The summed E-state index contributed by atoms with van der Waals surface area (Å²) in [6, 6.07) is 0.916. The lowest BCUT2D eigenvalue weighted by Gasteiger charge is -2.05. The highest BCUT2D eigenvalue weighted by atomic mass is 16.3. The fourth-order valence-corrected chi connectivity index (χ4v) is 1.05. The molecule has 0 aliphatic heterocycles. The van der Waals surface area contributed by atoms with Gasteiger partial charge in [0.1, 0.15) is 11.5 Å². The monoisotopic (exact) mass is 194 g/mol. The van der Waals surface area contributed by atoms with E-state index in [9.17, 15) is 24.6 Å². The normalized spacial score (nSPS) is 9.43. The summed E-state index contributed by atoms with van der Waals surface area (Å²) < 4.78 is 0. The fraction of sp³-hybridized carbons (Fsp3) is 0. The van der Waals surface area contributed by atoms with Gasteiger partial charge >= 0.3 is 0 Å². The third-order valence-electron chi connectivity index (χ3n) is 1.75. The van der Waals surface area contributed by atoms with Crippen molar-refractivity contribution in [1.29, 1.82) is 0 Å². The summed E-state index contributed by atoms with van der Waals surface area (Å²) in [6.07, 6.45) is 0.704. The van der Waals surface area contributed by atoms with Crippen LogP contribution in [0.1, 0.15) is 31.1 Å². The summed E-state index contributed by atoms with van der Waals surface area (Å²) in [7, 11) is 0. The summed E-state index contributed by atoms with van der Waals surface area (Å²) in [5.74, 6) is -1.11. The minimum Gasteiger partial charge on any atom is -0.507 e. The maximum absolute atomic E-state index is 10.5. The summed E-state index contributed by atoms with van der Waals surface area (Å²) in [5.41, 5.74) is -0.958. The number of hydrogen-bond donors (Lipinski definition) is 2. The maximum atomic E-state index is 10.5. The average Bonchev–Trinajstić information content (AvgIpc) is 2.20. The maximum Gasteiger partial charge on any atom is 0.154 e. The highest BCUT2D eigenvalue weighted by molar-refractivity contribution is 5.99. The van der Waals surface area contributed by atoms with Gasteiger partial charge in [0, 0.05) is 0 Å². The summed E-state index contributed by atoms with van der Waals surface area (Å²) in [5, 5.41) is 18.5. The van der Waals surface area contributed by atoms with Crippen LogP contribution in [-0.2, 0) is 0 Å². The fourth-order valence-electron chi connectivity index (χ4n) is 1.05. The lowest BCUT2D eigenvalue weighted by Crippen LogP contribution is -1.96. The number of benzene rings is 1. The van der Waals surface area contributed by atoms with Gasteiger partial charge in [0.2, 0.25) is 0 Å². The molecule has 0 spiro atoms. The first-order valence-corrected chi connectivity index (χ1v) is 3.60. The van der Waals surface area contributed by atoms with E-state index in [1.165, 1.54) is 0 Å². The molecular weight excluding hydrogens is 188 g/mol. The number of carbonyl (C=O) groups excluding carboxylic acids is 3. The molecule has 0 saturated carbocycles. The highest BCUT2D eigenvalue weighted by Gasteiger charge is 2.15. The van der Waals surface area contributed by atoms with Crippen molar-refractivity contribution >= 4 is 18.9 Å². The molecule has 5 nitrogen and oxygen atoms in total. The van der Waals surface area contributed by atoms with E-state index < -0.39 is 11.5 Å². The second-order valence-electron chi connectivity index (χ2n) is 2.51. The molecule has 5 heteroatoms. The van der Waals surface area contributed by atoms with Crippen LogP contribution in [0.2, 0.25) is 0 Å². The van der Waals surface area contributed by atoms with Gasteiger partial charge < -0.3 is 10.2 Å². The molecule has 0 aromatic heterocycles. The number of aromatic hydroxyl groups is 2.